The van der Waals surface area contributed by atoms with Crippen LogP contribution in [0.1, 0.15) is 18.4 Å². The number of Topliss-reactive ketones (excluding diaryl/α,β-unsaturated/α-hetero) is 1. The fourth-order valence-electron chi connectivity index (χ4n) is 3.09. The van der Waals surface area contributed by atoms with Crippen LogP contribution < -0.4 is 0 Å². The Kier molecular flexibility index (Phi) is 4.24. The molecule has 1 fully saturated rings. The van der Waals surface area contributed by atoms with Gasteiger partial charge in [0.25, 0.3) is 10.0 Å². The third-order valence-electron chi connectivity index (χ3n) is 4.27. The molecule has 1 saturated heterocycles. The molecule has 24 heavy (non-hydrogen) atoms. The molecule has 2 atom stereocenters. The summed E-state index contributed by atoms with van der Waals surface area (Å²) < 4.78 is 26.4. The first-order valence-electron chi connectivity index (χ1n) is 7.60. The largest absolute Gasteiger partial charge is 0.299 e. The lowest BCUT2D eigenvalue weighted by molar-refractivity contribution is -0.133. The van der Waals surface area contributed by atoms with E-state index >= 15 is 0 Å². The predicted octanol–water partition coefficient (Wildman–Crippen LogP) is 2.21. The molecule has 5 nitrogen and oxygen atoms in total. The summed E-state index contributed by atoms with van der Waals surface area (Å²) in [7, 11) is -3.96. The van der Waals surface area contributed by atoms with E-state index in [0.717, 1.165) is 9.87 Å². The van der Waals surface area contributed by atoms with E-state index in [9.17, 15) is 18.0 Å². The van der Waals surface area contributed by atoms with Crippen LogP contribution in [0.25, 0.3) is 0 Å². The number of sulfonamides is 1. The summed E-state index contributed by atoms with van der Waals surface area (Å²) in [5.74, 6) is -2.40. The lowest BCUT2D eigenvalue weighted by Gasteiger charge is -2.17. The summed E-state index contributed by atoms with van der Waals surface area (Å²) in [5, 5.41) is 0. The number of carbonyl (C=O) groups excluding carboxylic acids is 2. The van der Waals surface area contributed by atoms with Gasteiger partial charge in [-0.3, -0.25) is 9.59 Å². The molecule has 2 aromatic carbocycles. The van der Waals surface area contributed by atoms with Gasteiger partial charge in [0.15, 0.2) is 0 Å². The third kappa shape index (κ3) is 2.73. The van der Waals surface area contributed by atoms with Gasteiger partial charge in [-0.15, -0.1) is 0 Å². The third-order valence-corrected chi connectivity index (χ3v) is 6.05. The van der Waals surface area contributed by atoms with Crippen LogP contribution in [0.2, 0.25) is 0 Å². The minimum absolute atomic E-state index is 0.0235. The van der Waals surface area contributed by atoms with Gasteiger partial charge in [-0.25, -0.2) is 12.7 Å². The van der Waals surface area contributed by atoms with Gasteiger partial charge >= 0.3 is 0 Å². The normalized spacial score (nSPS) is 21.0. The first-order chi connectivity index (χ1) is 11.4. The molecule has 1 amide bonds. The molecule has 0 saturated carbocycles. The Balaban J connectivity index is 2.03. The molecular weight excluding hydrogens is 326 g/mol. The van der Waals surface area contributed by atoms with Crippen LogP contribution in [0.15, 0.2) is 65.6 Å². The number of ketones is 1. The van der Waals surface area contributed by atoms with Gasteiger partial charge < -0.3 is 0 Å². The second-order valence-corrected chi connectivity index (χ2v) is 7.66. The van der Waals surface area contributed by atoms with Crippen molar-refractivity contribution in [1.29, 1.82) is 0 Å². The van der Waals surface area contributed by atoms with E-state index in [2.05, 4.69) is 0 Å². The van der Waals surface area contributed by atoms with Crippen LogP contribution in [-0.4, -0.2) is 31.0 Å². The quantitative estimate of drug-likeness (QED) is 0.798. The summed E-state index contributed by atoms with van der Waals surface area (Å²) in [6.45, 7) is 1.31. The van der Waals surface area contributed by atoms with E-state index in [4.69, 9.17) is 0 Å². The molecule has 3 rings (SSSR count). The van der Waals surface area contributed by atoms with Gasteiger partial charge in [-0.1, -0.05) is 48.5 Å². The van der Waals surface area contributed by atoms with Gasteiger partial charge in [0.05, 0.1) is 4.90 Å². The maximum atomic E-state index is 12.8. The van der Waals surface area contributed by atoms with Crippen molar-refractivity contribution < 1.29 is 18.0 Å². The van der Waals surface area contributed by atoms with Crippen LogP contribution in [0.3, 0.4) is 0 Å². The zero-order valence-electron chi connectivity index (χ0n) is 13.1. The molecule has 6 heteroatoms. The smallest absolute Gasteiger partial charge is 0.266 e. The molecule has 124 valence electrons. The zero-order chi connectivity index (χ0) is 17.3. The van der Waals surface area contributed by atoms with Crippen LogP contribution in [0.5, 0.6) is 0 Å². The molecule has 1 heterocycles. The molecule has 1 aliphatic heterocycles. The summed E-state index contributed by atoms with van der Waals surface area (Å²) in [5.41, 5.74) is 0.789. The van der Waals surface area contributed by atoms with Crippen LogP contribution in [0.4, 0.5) is 0 Å². The Morgan fingerprint density at radius 2 is 1.54 bits per heavy atom. The minimum atomic E-state index is -3.96. The Morgan fingerprint density at radius 3 is 2.08 bits per heavy atom. The van der Waals surface area contributed by atoms with Crippen LogP contribution in [0, 0.1) is 5.92 Å². The lowest BCUT2D eigenvalue weighted by Crippen LogP contribution is -2.35. The van der Waals surface area contributed by atoms with Crippen molar-refractivity contribution in [2.75, 3.05) is 6.54 Å². The summed E-state index contributed by atoms with van der Waals surface area (Å²) in [6.07, 6.45) is 0. The predicted molar refractivity (Wildman–Crippen MR) is 88.7 cm³/mol. The maximum absolute atomic E-state index is 12.8. The van der Waals surface area contributed by atoms with Crippen molar-refractivity contribution in [3.05, 3.63) is 66.2 Å². The number of hydrogen-bond acceptors (Lipinski definition) is 4. The molecule has 0 unspecified atom stereocenters. The van der Waals surface area contributed by atoms with Gasteiger partial charge in [0.2, 0.25) is 5.91 Å². The highest BCUT2D eigenvalue weighted by atomic mass is 32.2. The van der Waals surface area contributed by atoms with E-state index in [-0.39, 0.29) is 17.2 Å². The molecule has 0 radical (unpaired) electrons. The van der Waals surface area contributed by atoms with Gasteiger partial charge in [-0.2, -0.15) is 0 Å². The summed E-state index contributed by atoms with van der Waals surface area (Å²) >= 11 is 0. The molecule has 0 bridgehead atoms. The fourth-order valence-corrected chi connectivity index (χ4v) is 4.56. The zero-order valence-corrected chi connectivity index (χ0v) is 13.9. The maximum Gasteiger partial charge on any atom is 0.266 e. The molecule has 0 N–H and O–H groups in total. The molecule has 0 aromatic heterocycles. The Labute approximate surface area is 141 Å². The first kappa shape index (κ1) is 16.4. The average molecular weight is 343 g/mol. The highest BCUT2D eigenvalue weighted by molar-refractivity contribution is 7.89. The standard InChI is InChI=1S/C18H17NO4S/c1-13(20)17-16(14-8-4-2-5-9-14)12-19(18(17)21)24(22,23)15-10-6-3-7-11-15/h2-11,16-17H,12H2,1H3/t16-,17-/m0/s1. The van der Waals surface area contributed by atoms with Gasteiger partial charge in [-0.05, 0) is 24.6 Å². The van der Waals surface area contributed by atoms with Crippen LogP contribution in [-0.2, 0) is 19.6 Å². The molecule has 2 aromatic rings. The molecular formula is C18H17NO4S. The Bertz CT molecular complexity index is 862. The highest BCUT2D eigenvalue weighted by Gasteiger charge is 2.48. The Morgan fingerprint density at radius 1 is 1.00 bits per heavy atom. The second-order valence-electron chi connectivity index (χ2n) is 5.79. The van der Waals surface area contributed by atoms with E-state index < -0.39 is 27.8 Å². The number of benzene rings is 2. The summed E-state index contributed by atoms with van der Waals surface area (Å²) in [6, 6.07) is 16.9. The van der Waals surface area contributed by atoms with Crippen molar-refractivity contribution in [2.24, 2.45) is 5.92 Å². The summed E-state index contributed by atoms with van der Waals surface area (Å²) in [4.78, 5) is 24.7. The van der Waals surface area contributed by atoms with Gasteiger partial charge in [0, 0.05) is 12.5 Å². The van der Waals surface area contributed by atoms with E-state index in [1.165, 1.54) is 19.1 Å². The van der Waals surface area contributed by atoms with Gasteiger partial charge in [0.1, 0.15) is 11.7 Å². The van der Waals surface area contributed by atoms with E-state index in [1.807, 2.05) is 30.3 Å². The number of amides is 1. The second kappa shape index (κ2) is 6.20. The fraction of sp³-hybridized carbons (Fsp3) is 0.222. The van der Waals surface area contributed by atoms with E-state index in [0.29, 0.717) is 0 Å². The van der Waals surface area contributed by atoms with Crippen molar-refractivity contribution in [3.8, 4) is 0 Å². The number of carbonyl (C=O) groups is 2. The topological polar surface area (TPSA) is 71.5 Å². The van der Waals surface area contributed by atoms with Crippen molar-refractivity contribution in [1.82, 2.24) is 4.31 Å². The monoisotopic (exact) mass is 343 g/mol. The minimum Gasteiger partial charge on any atom is -0.299 e. The molecule has 1 aliphatic rings. The van der Waals surface area contributed by atoms with Crippen LogP contribution >= 0.6 is 0 Å². The number of hydrogen-bond donors (Lipinski definition) is 0. The number of nitrogens with zero attached hydrogens (tertiary/aromatic N) is 1. The lowest BCUT2D eigenvalue weighted by atomic mass is 9.86. The number of rotatable bonds is 4. The van der Waals surface area contributed by atoms with Crippen molar-refractivity contribution in [2.45, 2.75) is 17.7 Å². The highest BCUT2D eigenvalue weighted by Crippen LogP contribution is 2.37. The van der Waals surface area contributed by atoms with Crippen molar-refractivity contribution >= 4 is 21.7 Å². The Hall–Kier alpha value is -2.47. The average Bonchev–Trinajstić information content (AvgIpc) is 2.95. The molecule has 0 aliphatic carbocycles. The molecule has 0 spiro atoms. The SMILES string of the molecule is CC(=O)[C@@H]1C(=O)N(S(=O)(=O)c2ccccc2)C[C@H]1c1ccccc1. The van der Waals surface area contributed by atoms with Crippen molar-refractivity contribution in [3.63, 3.8) is 0 Å². The van der Waals surface area contributed by atoms with E-state index in [1.54, 1.807) is 18.2 Å². The first-order valence-corrected chi connectivity index (χ1v) is 9.04.